The van der Waals surface area contributed by atoms with Crippen LogP contribution in [0.3, 0.4) is 0 Å². The maximum Gasteiger partial charge on any atom is 0.251 e. The molecule has 0 saturated carbocycles. The van der Waals surface area contributed by atoms with E-state index < -0.39 is 0 Å². The predicted molar refractivity (Wildman–Crippen MR) is 107 cm³/mol. The van der Waals surface area contributed by atoms with E-state index >= 15 is 0 Å². The molecule has 1 spiro atoms. The zero-order valence-electron chi connectivity index (χ0n) is 16.1. The van der Waals surface area contributed by atoms with Gasteiger partial charge in [0.25, 0.3) is 5.91 Å². The summed E-state index contributed by atoms with van der Waals surface area (Å²) in [5.41, 5.74) is 2.03. The van der Waals surface area contributed by atoms with Crippen LogP contribution in [0.5, 0.6) is 0 Å². The molecule has 1 aromatic carbocycles. The largest absolute Gasteiger partial charge is 0.370 e. The number of rotatable bonds is 6. The maximum absolute atomic E-state index is 12.5. The highest BCUT2D eigenvalue weighted by molar-refractivity contribution is 5.94. The van der Waals surface area contributed by atoms with E-state index in [0.717, 1.165) is 44.5 Å². The number of pyridine rings is 1. The summed E-state index contributed by atoms with van der Waals surface area (Å²) in [6.45, 7) is 3.85. The summed E-state index contributed by atoms with van der Waals surface area (Å²) >= 11 is 0. The summed E-state index contributed by atoms with van der Waals surface area (Å²) in [5.74, 6) is 0.963. The van der Waals surface area contributed by atoms with E-state index in [1.807, 2.05) is 48.8 Å². The van der Waals surface area contributed by atoms with Crippen LogP contribution in [-0.4, -0.2) is 53.7 Å². The predicted octanol–water partition coefficient (Wildman–Crippen LogP) is 2.53. The van der Waals surface area contributed by atoms with Gasteiger partial charge in [0.2, 0.25) is 0 Å². The molecule has 2 aromatic rings. The molecule has 5 rings (SSSR count). The van der Waals surface area contributed by atoms with E-state index in [0.29, 0.717) is 24.5 Å². The molecule has 1 N–H and O–H groups in total. The fraction of sp³-hybridized carbons (Fsp3) is 0.478. The van der Waals surface area contributed by atoms with Gasteiger partial charge in [0.05, 0.1) is 11.7 Å². The number of hydrogen-bond donors (Lipinski definition) is 1. The van der Waals surface area contributed by atoms with Gasteiger partial charge in [0.1, 0.15) is 0 Å². The third-order valence-electron chi connectivity index (χ3n) is 6.83. The molecule has 5 nitrogen and oxygen atoms in total. The summed E-state index contributed by atoms with van der Waals surface area (Å²) in [7, 11) is 0. The second-order valence-corrected chi connectivity index (χ2v) is 8.45. The third kappa shape index (κ3) is 3.23. The first-order chi connectivity index (χ1) is 13.7. The van der Waals surface area contributed by atoms with Gasteiger partial charge in [-0.3, -0.25) is 14.7 Å². The molecule has 2 bridgehead atoms. The van der Waals surface area contributed by atoms with Crippen molar-refractivity contribution in [1.82, 2.24) is 15.2 Å². The van der Waals surface area contributed by atoms with E-state index in [-0.39, 0.29) is 11.5 Å². The van der Waals surface area contributed by atoms with Crippen LogP contribution in [-0.2, 0) is 11.2 Å². The summed E-state index contributed by atoms with van der Waals surface area (Å²) in [6, 6.07) is 13.6. The fourth-order valence-electron chi connectivity index (χ4n) is 5.47. The Morgan fingerprint density at radius 2 is 2.14 bits per heavy atom. The fourth-order valence-corrected chi connectivity index (χ4v) is 5.47. The topological polar surface area (TPSA) is 54.5 Å². The first kappa shape index (κ1) is 17.8. The van der Waals surface area contributed by atoms with E-state index in [4.69, 9.17) is 4.74 Å². The molecule has 0 aliphatic carbocycles. The van der Waals surface area contributed by atoms with Crippen molar-refractivity contribution in [3.8, 4) is 0 Å². The number of amides is 1. The normalized spacial score (nSPS) is 31.1. The average Bonchev–Trinajstić information content (AvgIpc) is 3.40. The Bertz CT molecular complexity index is 828. The molecule has 0 radical (unpaired) electrons. The Hall–Kier alpha value is -2.24. The monoisotopic (exact) mass is 377 g/mol. The van der Waals surface area contributed by atoms with E-state index in [9.17, 15) is 4.79 Å². The number of benzene rings is 1. The number of fused-ring (bicyclic) bond motifs is 1. The van der Waals surface area contributed by atoms with Crippen LogP contribution in [0.15, 0.2) is 54.9 Å². The van der Waals surface area contributed by atoms with Crippen molar-refractivity contribution in [2.45, 2.75) is 31.0 Å². The number of nitrogens with zero attached hydrogens (tertiary/aromatic N) is 2. The molecule has 1 amide bonds. The SMILES string of the molecule is O=C(NC[C@H]1[C@H]2CN(CCc3cccnc3)C[C@]23CC[C@H]1O3)c1ccccc1. The number of aromatic nitrogens is 1. The van der Waals surface area contributed by atoms with Crippen LogP contribution in [0.2, 0.25) is 0 Å². The van der Waals surface area contributed by atoms with Gasteiger partial charge in [-0.1, -0.05) is 24.3 Å². The molecule has 4 atom stereocenters. The molecular formula is C23H27N3O2. The molecule has 4 heterocycles. The summed E-state index contributed by atoms with van der Waals surface area (Å²) in [4.78, 5) is 19.2. The number of hydrogen-bond acceptors (Lipinski definition) is 4. The molecule has 5 heteroatoms. The van der Waals surface area contributed by atoms with Crippen molar-refractivity contribution in [2.75, 3.05) is 26.2 Å². The first-order valence-electron chi connectivity index (χ1n) is 10.4. The maximum atomic E-state index is 12.5. The van der Waals surface area contributed by atoms with Crippen LogP contribution < -0.4 is 5.32 Å². The average molecular weight is 377 g/mol. The summed E-state index contributed by atoms with van der Waals surface area (Å²) in [6.07, 6.45) is 7.40. The lowest BCUT2D eigenvalue weighted by atomic mass is 9.73. The van der Waals surface area contributed by atoms with Crippen molar-refractivity contribution in [3.63, 3.8) is 0 Å². The van der Waals surface area contributed by atoms with Gasteiger partial charge < -0.3 is 10.1 Å². The van der Waals surface area contributed by atoms with Gasteiger partial charge >= 0.3 is 0 Å². The third-order valence-corrected chi connectivity index (χ3v) is 6.83. The van der Waals surface area contributed by atoms with Crippen molar-refractivity contribution < 1.29 is 9.53 Å². The van der Waals surface area contributed by atoms with Crippen molar-refractivity contribution >= 4 is 5.91 Å². The highest BCUT2D eigenvalue weighted by Gasteiger charge is 2.62. The lowest BCUT2D eigenvalue weighted by molar-refractivity contribution is 0.00285. The molecule has 3 aliphatic heterocycles. The Labute approximate surface area is 166 Å². The summed E-state index contributed by atoms with van der Waals surface area (Å²) < 4.78 is 6.51. The number of carbonyl (C=O) groups excluding carboxylic acids is 1. The molecule has 3 saturated heterocycles. The van der Waals surface area contributed by atoms with Crippen LogP contribution >= 0.6 is 0 Å². The van der Waals surface area contributed by atoms with E-state index in [1.54, 1.807) is 0 Å². The second kappa shape index (κ2) is 7.30. The standard InChI is InChI=1S/C23H27N3O2/c27-22(18-6-2-1-3-7-18)25-14-19-20-15-26(12-9-17-5-4-11-24-13-17)16-23(20)10-8-21(19)28-23/h1-7,11,13,19-21H,8-10,12,14-16H2,(H,25,27)/t19-,20+,21+,23+/m0/s1. The van der Waals surface area contributed by atoms with Gasteiger partial charge in [-0.25, -0.2) is 0 Å². The molecule has 146 valence electrons. The number of ether oxygens (including phenoxy) is 1. The number of nitrogens with one attached hydrogen (secondary N) is 1. The van der Waals surface area contributed by atoms with Gasteiger partial charge in [-0.15, -0.1) is 0 Å². The molecular weight excluding hydrogens is 350 g/mol. The molecule has 1 aromatic heterocycles. The highest BCUT2D eigenvalue weighted by atomic mass is 16.5. The van der Waals surface area contributed by atoms with Crippen LogP contribution in [0.1, 0.15) is 28.8 Å². The number of likely N-dealkylation sites (tertiary alicyclic amines) is 1. The Kier molecular flexibility index (Phi) is 4.65. The highest BCUT2D eigenvalue weighted by Crippen LogP contribution is 2.54. The zero-order chi connectivity index (χ0) is 19.0. The molecule has 0 unspecified atom stereocenters. The van der Waals surface area contributed by atoms with Gasteiger partial charge in [-0.05, 0) is 43.0 Å². The van der Waals surface area contributed by atoms with Crippen LogP contribution in [0.4, 0.5) is 0 Å². The summed E-state index contributed by atoms with van der Waals surface area (Å²) in [5, 5.41) is 3.16. The Morgan fingerprint density at radius 1 is 1.25 bits per heavy atom. The molecule has 3 aliphatic rings. The lowest BCUT2D eigenvalue weighted by Gasteiger charge is -2.29. The minimum absolute atomic E-state index is 0.0156. The molecule has 3 fully saturated rings. The van der Waals surface area contributed by atoms with Crippen molar-refractivity contribution in [2.24, 2.45) is 11.8 Å². The van der Waals surface area contributed by atoms with Gasteiger partial charge in [-0.2, -0.15) is 0 Å². The first-order valence-corrected chi connectivity index (χ1v) is 10.4. The second-order valence-electron chi connectivity index (χ2n) is 8.45. The van der Waals surface area contributed by atoms with Crippen molar-refractivity contribution in [1.29, 1.82) is 0 Å². The lowest BCUT2D eigenvalue weighted by Crippen LogP contribution is -2.41. The number of carbonyl (C=O) groups is 1. The van der Waals surface area contributed by atoms with Crippen LogP contribution in [0.25, 0.3) is 0 Å². The van der Waals surface area contributed by atoms with E-state index in [2.05, 4.69) is 21.3 Å². The van der Waals surface area contributed by atoms with Crippen LogP contribution in [0, 0.1) is 11.8 Å². The zero-order valence-corrected chi connectivity index (χ0v) is 16.1. The Balaban J connectivity index is 1.20. The van der Waals surface area contributed by atoms with Crippen molar-refractivity contribution in [3.05, 3.63) is 66.0 Å². The quantitative estimate of drug-likeness (QED) is 0.841. The van der Waals surface area contributed by atoms with Gasteiger partial charge in [0, 0.05) is 56.0 Å². The minimum Gasteiger partial charge on any atom is -0.370 e. The Morgan fingerprint density at radius 3 is 2.96 bits per heavy atom. The van der Waals surface area contributed by atoms with E-state index in [1.165, 1.54) is 5.56 Å². The molecule has 28 heavy (non-hydrogen) atoms. The smallest absolute Gasteiger partial charge is 0.251 e. The van der Waals surface area contributed by atoms with Gasteiger partial charge in [0.15, 0.2) is 0 Å². The minimum atomic E-state index is 0.0156.